The molecule has 1 aliphatic rings. The van der Waals surface area contributed by atoms with Crippen molar-refractivity contribution in [1.82, 2.24) is 14.5 Å². The van der Waals surface area contributed by atoms with E-state index in [9.17, 15) is 9.59 Å². The topological polar surface area (TPSA) is 64.4 Å². The van der Waals surface area contributed by atoms with Crippen LogP contribution in [0.3, 0.4) is 0 Å². The molecule has 1 amide bonds. The number of ether oxygens (including phenoxy) is 1. The first-order chi connectivity index (χ1) is 12.6. The van der Waals surface area contributed by atoms with Gasteiger partial charge in [-0.15, -0.1) is 11.3 Å². The van der Waals surface area contributed by atoms with Gasteiger partial charge in [0.2, 0.25) is 0 Å². The highest BCUT2D eigenvalue weighted by atomic mass is 32.1. The summed E-state index contributed by atoms with van der Waals surface area (Å²) in [6.45, 7) is 5.31. The zero-order valence-corrected chi connectivity index (χ0v) is 15.9. The first-order valence-electron chi connectivity index (χ1n) is 8.77. The maximum atomic E-state index is 12.0. The van der Waals surface area contributed by atoms with Crippen LogP contribution in [0.15, 0.2) is 23.7 Å². The third kappa shape index (κ3) is 4.22. The van der Waals surface area contributed by atoms with E-state index in [0.29, 0.717) is 0 Å². The number of aryl methyl sites for hydroxylation is 1. The van der Waals surface area contributed by atoms with Crippen molar-refractivity contribution in [2.45, 2.75) is 33.1 Å². The van der Waals surface area contributed by atoms with E-state index in [1.807, 2.05) is 25.3 Å². The molecule has 0 bridgehead atoms. The minimum Gasteiger partial charge on any atom is -0.452 e. The third-order valence-electron chi connectivity index (χ3n) is 4.53. The predicted octanol–water partition coefficient (Wildman–Crippen LogP) is 3.12. The highest BCUT2D eigenvalue weighted by Gasteiger charge is 2.17. The highest BCUT2D eigenvalue weighted by Crippen LogP contribution is 2.23. The molecule has 26 heavy (non-hydrogen) atoms. The highest BCUT2D eigenvalue weighted by molar-refractivity contribution is 7.12. The molecular formula is C19H23N3O3S. The molecule has 0 spiro atoms. The van der Waals surface area contributed by atoms with Gasteiger partial charge in [0.15, 0.2) is 11.7 Å². The SMILES string of the molecule is Cc1cc(/C=C/C(=O)OCC(=O)N2CCCCC2)c(C)n1-c1nccs1. The Kier molecular flexibility index (Phi) is 5.88. The van der Waals surface area contributed by atoms with Gasteiger partial charge in [0.05, 0.1) is 0 Å². The van der Waals surface area contributed by atoms with E-state index in [1.165, 1.54) is 6.08 Å². The number of esters is 1. The molecule has 0 aliphatic carbocycles. The second-order valence-corrected chi connectivity index (χ2v) is 7.23. The second kappa shape index (κ2) is 8.31. The van der Waals surface area contributed by atoms with Crippen LogP contribution >= 0.6 is 11.3 Å². The number of carbonyl (C=O) groups excluding carboxylic acids is 2. The molecule has 0 unspecified atom stereocenters. The van der Waals surface area contributed by atoms with Crippen LogP contribution in [0.2, 0.25) is 0 Å². The summed E-state index contributed by atoms with van der Waals surface area (Å²) >= 11 is 1.56. The molecular weight excluding hydrogens is 350 g/mol. The molecule has 0 N–H and O–H groups in total. The zero-order chi connectivity index (χ0) is 18.5. The monoisotopic (exact) mass is 373 g/mol. The Morgan fingerprint density at radius 3 is 2.73 bits per heavy atom. The van der Waals surface area contributed by atoms with Crippen molar-refractivity contribution in [2.75, 3.05) is 19.7 Å². The van der Waals surface area contributed by atoms with Crippen LogP contribution < -0.4 is 0 Å². The zero-order valence-electron chi connectivity index (χ0n) is 15.1. The lowest BCUT2D eigenvalue weighted by Gasteiger charge is -2.26. The number of carbonyl (C=O) groups is 2. The Labute approximate surface area is 157 Å². The van der Waals surface area contributed by atoms with Crippen molar-refractivity contribution in [2.24, 2.45) is 0 Å². The summed E-state index contributed by atoms with van der Waals surface area (Å²) in [6.07, 6.45) is 8.07. The van der Waals surface area contributed by atoms with Gasteiger partial charge in [-0.1, -0.05) is 0 Å². The van der Waals surface area contributed by atoms with Crippen LogP contribution in [0.4, 0.5) is 0 Å². The summed E-state index contributed by atoms with van der Waals surface area (Å²) in [5, 5.41) is 2.83. The minimum absolute atomic E-state index is 0.117. The maximum Gasteiger partial charge on any atom is 0.331 e. The van der Waals surface area contributed by atoms with E-state index >= 15 is 0 Å². The van der Waals surface area contributed by atoms with Crippen LogP contribution in [0.25, 0.3) is 11.2 Å². The molecule has 0 aromatic carbocycles. The van der Waals surface area contributed by atoms with Crippen molar-refractivity contribution in [3.63, 3.8) is 0 Å². The molecule has 3 heterocycles. The number of hydrogen-bond donors (Lipinski definition) is 0. The van der Waals surface area contributed by atoms with E-state index in [0.717, 1.165) is 54.4 Å². The quantitative estimate of drug-likeness (QED) is 0.597. The number of rotatable bonds is 5. The molecule has 6 nitrogen and oxygen atoms in total. The van der Waals surface area contributed by atoms with E-state index < -0.39 is 5.97 Å². The smallest absolute Gasteiger partial charge is 0.331 e. The molecule has 0 atom stereocenters. The fraction of sp³-hybridized carbons (Fsp3) is 0.421. The van der Waals surface area contributed by atoms with Gasteiger partial charge in [0, 0.05) is 42.1 Å². The molecule has 7 heteroatoms. The second-order valence-electron chi connectivity index (χ2n) is 6.36. The Balaban J connectivity index is 1.58. The number of likely N-dealkylation sites (tertiary alicyclic amines) is 1. The van der Waals surface area contributed by atoms with Gasteiger partial charge in [-0.3, -0.25) is 9.36 Å². The first-order valence-corrected chi connectivity index (χ1v) is 9.65. The van der Waals surface area contributed by atoms with Crippen LogP contribution in [0.5, 0.6) is 0 Å². The average molecular weight is 373 g/mol. The van der Waals surface area contributed by atoms with E-state index in [4.69, 9.17) is 4.74 Å². The largest absolute Gasteiger partial charge is 0.452 e. The van der Waals surface area contributed by atoms with Crippen LogP contribution in [0, 0.1) is 13.8 Å². The van der Waals surface area contributed by atoms with E-state index in [-0.39, 0.29) is 12.5 Å². The Hall–Kier alpha value is -2.41. The molecule has 2 aromatic rings. The summed E-state index contributed by atoms with van der Waals surface area (Å²) < 4.78 is 7.15. The number of amides is 1. The van der Waals surface area contributed by atoms with E-state index in [1.54, 1.807) is 28.5 Å². The standard InChI is InChI=1S/C19H23N3O3S/c1-14-12-16(15(2)22(14)19-20-8-11-26-19)6-7-18(24)25-13-17(23)21-9-4-3-5-10-21/h6-8,11-12H,3-5,9-10,13H2,1-2H3/b7-6+. The maximum absolute atomic E-state index is 12.0. The number of aromatic nitrogens is 2. The van der Waals surface area contributed by atoms with Gasteiger partial charge in [0.1, 0.15) is 0 Å². The van der Waals surface area contributed by atoms with Gasteiger partial charge in [-0.25, -0.2) is 9.78 Å². The molecule has 0 saturated carbocycles. The number of hydrogen-bond acceptors (Lipinski definition) is 5. The lowest BCUT2D eigenvalue weighted by Crippen LogP contribution is -2.38. The summed E-state index contributed by atoms with van der Waals surface area (Å²) in [5.41, 5.74) is 2.98. The normalized spacial score (nSPS) is 14.8. The van der Waals surface area contributed by atoms with Crippen molar-refractivity contribution in [1.29, 1.82) is 0 Å². The molecule has 0 radical (unpaired) electrons. The average Bonchev–Trinajstić information content (AvgIpc) is 3.26. The summed E-state index contributed by atoms with van der Waals surface area (Å²) in [4.78, 5) is 30.1. The first kappa shape index (κ1) is 18.4. The lowest BCUT2D eigenvalue weighted by atomic mass is 10.1. The van der Waals surface area contributed by atoms with Crippen LogP contribution in [-0.4, -0.2) is 46.0 Å². The molecule has 1 saturated heterocycles. The minimum atomic E-state index is -0.505. The predicted molar refractivity (Wildman–Crippen MR) is 101 cm³/mol. The van der Waals surface area contributed by atoms with Gasteiger partial charge in [-0.2, -0.15) is 0 Å². The number of thiazole rings is 1. The summed E-state index contributed by atoms with van der Waals surface area (Å²) in [6, 6.07) is 2.00. The summed E-state index contributed by atoms with van der Waals surface area (Å²) in [5.74, 6) is -0.622. The lowest BCUT2D eigenvalue weighted by molar-refractivity contribution is -0.148. The molecule has 3 rings (SSSR count). The molecule has 138 valence electrons. The molecule has 1 aliphatic heterocycles. The van der Waals surface area contributed by atoms with Crippen molar-refractivity contribution < 1.29 is 14.3 Å². The van der Waals surface area contributed by atoms with Crippen LogP contribution in [0.1, 0.15) is 36.2 Å². The molecule has 2 aromatic heterocycles. The van der Waals surface area contributed by atoms with E-state index in [2.05, 4.69) is 9.55 Å². The Morgan fingerprint density at radius 2 is 2.04 bits per heavy atom. The molecule has 1 fully saturated rings. The van der Waals surface area contributed by atoms with Crippen molar-refractivity contribution in [3.05, 3.63) is 40.7 Å². The van der Waals surface area contributed by atoms with Gasteiger partial charge < -0.3 is 9.64 Å². The van der Waals surface area contributed by atoms with Gasteiger partial charge >= 0.3 is 5.97 Å². The van der Waals surface area contributed by atoms with Gasteiger partial charge in [0.25, 0.3) is 5.91 Å². The fourth-order valence-corrected chi connectivity index (χ4v) is 3.90. The Bertz CT molecular complexity index is 802. The van der Waals surface area contributed by atoms with Crippen LogP contribution in [-0.2, 0) is 14.3 Å². The third-order valence-corrected chi connectivity index (χ3v) is 5.28. The van der Waals surface area contributed by atoms with Gasteiger partial charge in [-0.05, 0) is 50.8 Å². The Morgan fingerprint density at radius 1 is 1.27 bits per heavy atom. The number of piperidine rings is 1. The fourth-order valence-electron chi connectivity index (χ4n) is 3.15. The number of nitrogens with zero attached hydrogens (tertiary/aromatic N) is 3. The van der Waals surface area contributed by atoms with Crippen molar-refractivity contribution >= 4 is 29.3 Å². The van der Waals surface area contributed by atoms with Crippen molar-refractivity contribution in [3.8, 4) is 5.13 Å². The summed E-state index contributed by atoms with van der Waals surface area (Å²) in [7, 11) is 0.